The van der Waals surface area contributed by atoms with Gasteiger partial charge < -0.3 is 5.11 Å². The van der Waals surface area contributed by atoms with E-state index in [9.17, 15) is 4.39 Å². The van der Waals surface area contributed by atoms with Crippen molar-refractivity contribution < 1.29 is 9.50 Å². The first-order chi connectivity index (χ1) is 4.72. The van der Waals surface area contributed by atoms with Crippen LogP contribution in [0, 0.1) is 12.7 Å². The second-order valence-corrected chi connectivity index (χ2v) is 2.13. The Balaban J connectivity index is 3.06. The van der Waals surface area contributed by atoms with E-state index in [1.54, 1.807) is 6.07 Å². The highest BCUT2D eigenvalue weighted by Crippen LogP contribution is 2.07. The first kappa shape index (κ1) is 7.22. The zero-order valence-corrected chi connectivity index (χ0v) is 5.47. The van der Waals surface area contributed by atoms with Crippen molar-refractivity contribution in [2.24, 2.45) is 0 Å². The summed E-state index contributed by atoms with van der Waals surface area (Å²) >= 11 is 0. The van der Waals surface area contributed by atoms with Gasteiger partial charge in [0.2, 0.25) is 0 Å². The van der Waals surface area contributed by atoms with Gasteiger partial charge >= 0.3 is 0 Å². The van der Waals surface area contributed by atoms with E-state index in [1.165, 1.54) is 12.1 Å². The Labute approximate surface area is 59.1 Å². The van der Waals surface area contributed by atoms with E-state index < -0.39 is 0 Å². The van der Waals surface area contributed by atoms with Gasteiger partial charge in [0.15, 0.2) is 0 Å². The van der Waals surface area contributed by atoms with Gasteiger partial charge in [-0.3, -0.25) is 0 Å². The molecule has 0 spiro atoms. The summed E-state index contributed by atoms with van der Waals surface area (Å²) in [5, 5.41) is 8.59. The largest absolute Gasteiger partial charge is 0.392 e. The van der Waals surface area contributed by atoms with E-state index in [4.69, 9.17) is 5.11 Å². The lowest BCUT2D eigenvalue weighted by molar-refractivity contribution is 0.281. The molecule has 2 heteroatoms. The SMILES string of the molecule is [CH2]c1cc(F)cc(CO)c1. The second-order valence-electron chi connectivity index (χ2n) is 2.13. The van der Waals surface area contributed by atoms with Gasteiger partial charge in [-0.1, -0.05) is 6.07 Å². The molecule has 1 aromatic rings. The smallest absolute Gasteiger partial charge is 0.123 e. The Bertz CT molecular complexity index is 212. The van der Waals surface area contributed by atoms with Crippen LogP contribution in [0.15, 0.2) is 18.2 Å². The van der Waals surface area contributed by atoms with Crippen molar-refractivity contribution in [1.82, 2.24) is 0 Å². The van der Waals surface area contributed by atoms with Crippen LogP contribution in [0.3, 0.4) is 0 Å². The van der Waals surface area contributed by atoms with Crippen LogP contribution in [0.5, 0.6) is 0 Å². The van der Waals surface area contributed by atoms with Crippen molar-refractivity contribution >= 4 is 0 Å². The molecule has 0 saturated heterocycles. The molecular formula is C8H8FO. The molecule has 10 heavy (non-hydrogen) atoms. The van der Waals surface area contributed by atoms with Crippen LogP contribution < -0.4 is 0 Å². The summed E-state index contributed by atoms with van der Waals surface area (Å²) in [6.45, 7) is 3.40. The Morgan fingerprint density at radius 1 is 1.40 bits per heavy atom. The average molecular weight is 139 g/mol. The first-order valence-electron chi connectivity index (χ1n) is 2.94. The van der Waals surface area contributed by atoms with E-state index in [0.717, 1.165) is 0 Å². The van der Waals surface area contributed by atoms with Crippen LogP contribution in [0.4, 0.5) is 4.39 Å². The van der Waals surface area contributed by atoms with Crippen molar-refractivity contribution in [3.8, 4) is 0 Å². The third kappa shape index (κ3) is 1.54. The number of halogens is 1. The Morgan fingerprint density at radius 3 is 2.60 bits per heavy atom. The number of benzene rings is 1. The van der Waals surface area contributed by atoms with Gasteiger partial charge in [0, 0.05) is 0 Å². The maximum Gasteiger partial charge on any atom is 0.123 e. The molecule has 0 aromatic heterocycles. The molecule has 0 atom stereocenters. The zero-order chi connectivity index (χ0) is 7.56. The molecule has 0 unspecified atom stereocenters. The third-order valence-electron chi connectivity index (χ3n) is 1.20. The minimum Gasteiger partial charge on any atom is -0.392 e. The Morgan fingerprint density at radius 2 is 2.10 bits per heavy atom. The Kier molecular flexibility index (Phi) is 2.02. The van der Waals surface area contributed by atoms with E-state index in [-0.39, 0.29) is 12.4 Å². The van der Waals surface area contributed by atoms with Crippen LogP contribution in [0.2, 0.25) is 0 Å². The van der Waals surface area contributed by atoms with Crippen molar-refractivity contribution in [2.75, 3.05) is 0 Å². The molecule has 0 aliphatic heterocycles. The summed E-state index contributed by atoms with van der Waals surface area (Å²) in [5.41, 5.74) is 1.15. The topological polar surface area (TPSA) is 20.2 Å². The van der Waals surface area contributed by atoms with Crippen LogP contribution in [-0.2, 0) is 6.61 Å². The fraction of sp³-hybridized carbons (Fsp3) is 0.125. The van der Waals surface area contributed by atoms with E-state index in [1.807, 2.05) is 0 Å². The standard InChI is InChI=1S/C8H8FO/c1-6-2-7(5-10)4-8(9)3-6/h2-4,10H,1,5H2. The van der Waals surface area contributed by atoms with Crippen LogP contribution in [0.1, 0.15) is 11.1 Å². The minimum atomic E-state index is -0.350. The highest BCUT2D eigenvalue weighted by molar-refractivity contribution is 5.25. The highest BCUT2D eigenvalue weighted by atomic mass is 19.1. The maximum atomic E-state index is 12.5. The van der Waals surface area contributed by atoms with Crippen molar-refractivity contribution in [1.29, 1.82) is 0 Å². The summed E-state index contributed by atoms with van der Waals surface area (Å²) in [4.78, 5) is 0. The molecule has 0 aliphatic rings. The monoisotopic (exact) mass is 139 g/mol. The van der Waals surface area contributed by atoms with Gasteiger partial charge in [0.05, 0.1) is 6.61 Å². The summed E-state index contributed by atoms with van der Waals surface area (Å²) in [6.07, 6.45) is 0. The fourth-order valence-corrected chi connectivity index (χ4v) is 0.809. The van der Waals surface area contributed by atoms with Gasteiger partial charge in [0.1, 0.15) is 5.82 Å². The highest BCUT2D eigenvalue weighted by Gasteiger charge is 1.94. The molecule has 0 saturated carbocycles. The molecule has 0 bridgehead atoms. The van der Waals surface area contributed by atoms with Crippen LogP contribution in [-0.4, -0.2) is 5.11 Å². The van der Waals surface area contributed by atoms with Gasteiger partial charge in [-0.05, 0) is 30.2 Å². The first-order valence-corrected chi connectivity index (χ1v) is 2.94. The van der Waals surface area contributed by atoms with Gasteiger partial charge in [-0.2, -0.15) is 0 Å². The van der Waals surface area contributed by atoms with Gasteiger partial charge in [-0.25, -0.2) is 4.39 Å². The second kappa shape index (κ2) is 2.80. The number of hydrogen-bond acceptors (Lipinski definition) is 1. The predicted molar refractivity (Wildman–Crippen MR) is 36.8 cm³/mol. The molecule has 0 heterocycles. The molecule has 1 aromatic carbocycles. The van der Waals surface area contributed by atoms with Crippen molar-refractivity contribution in [3.63, 3.8) is 0 Å². The molecule has 1 radical (unpaired) electrons. The maximum absolute atomic E-state index is 12.5. The van der Waals surface area contributed by atoms with E-state index >= 15 is 0 Å². The molecule has 0 fully saturated rings. The van der Waals surface area contributed by atoms with Crippen LogP contribution in [0.25, 0.3) is 0 Å². The summed E-state index contributed by atoms with van der Waals surface area (Å²) in [6, 6.07) is 4.25. The number of rotatable bonds is 1. The molecular weight excluding hydrogens is 131 g/mol. The van der Waals surface area contributed by atoms with Gasteiger partial charge in [0.25, 0.3) is 0 Å². The lowest BCUT2D eigenvalue weighted by atomic mass is 10.1. The zero-order valence-electron chi connectivity index (χ0n) is 5.47. The summed E-state index contributed by atoms with van der Waals surface area (Å²) < 4.78 is 12.5. The number of hydrogen-bond donors (Lipinski definition) is 1. The molecule has 1 nitrogen and oxygen atoms in total. The van der Waals surface area contributed by atoms with Crippen molar-refractivity contribution in [3.05, 3.63) is 42.1 Å². The molecule has 0 aliphatic carbocycles. The van der Waals surface area contributed by atoms with Gasteiger partial charge in [-0.15, -0.1) is 0 Å². The molecule has 1 N–H and O–H groups in total. The summed E-state index contributed by atoms with van der Waals surface area (Å²) in [5.74, 6) is -0.350. The fourth-order valence-electron chi connectivity index (χ4n) is 0.809. The minimum absolute atomic E-state index is 0.139. The van der Waals surface area contributed by atoms with E-state index in [2.05, 4.69) is 6.92 Å². The lowest BCUT2D eigenvalue weighted by Gasteiger charge is -1.97. The summed E-state index contributed by atoms with van der Waals surface area (Å²) in [7, 11) is 0. The van der Waals surface area contributed by atoms with Crippen molar-refractivity contribution in [2.45, 2.75) is 6.61 Å². The number of aliphatic hydroxyl groups excluding tert-OH is 1. The number of aliphatic hydroxyl groups is 1. The van der Waals surface area contributed by atoms with E-state index in [0.29, 0.717) is 11.1 Å². The molecule has 1 rings (SSSR count). The molecule has 0 amide bonds. The van der Waals surface area contributed by atoms with Crippen LogP contribution >= 0.6 is 0 Å². The normalized spacial score (nSPS) is 9.90. The quantitative estimate of drug-likeness (QED) is 0.625. The lowest BCUT2D eigenvalue weighted by Crippen LogP contribution is -1.86. The molecule has 53 valence electrons. The Hall–Kier alpha value is -0.890. The average Bonchev–Trinajstić information content (AvgIpc) is 1.85. The predicted octanol–water partition coefficient (Wildman–Crippen LogP) is 1.50. The third-order valence-corrected chi connectivity index (χ3v) is 1.20.